The smallest absolute Gasteiger partial charge is 0.308 e. The molecule has 0 saturated heterocycles. The molecule has 2 heterocycles. The van der Waals surface area contributed by atoms with Gasteiger partial charge in [-0.15, -0.1) is 0 Å². The van der Waals surface area contributed by atoms with Crippen LogP contribution < -0.4 is 5.32 Å². The number of nitrogens with zero attached hydrogens (tertiary/aromatic N) is 3. The number of aryl methyl sites for hydroxylation is 2. The SMILES string of the molecule is CCc1cc(C(NC)c2cnccc2C(F)(F)F)n(C)n1. The van der Waals surface area contributed by atoms with Gasteiger partial charge in [0, 0.05) is 25.0 Å². The molecule has 1 unspecified atom stereocenters. The fourth-order valence-corrected chi connectivity index (χ4v) is 2.34. The lowest BCUT2D eigenvalue weighted by molar-refractivity contribution is -0.138. The Labute approximate surface area is 121 Å². The maximum atomic E-state index is 13.2. The van der Waals surface area contributed by atoms with Gasteiger partial charge >= 0.3 is 6.18 Å². The number of hydrogen-bond donors (Lipinski definition) is 1. The molecule has 0 amide bonds. The molecule has 0 saturated carbocycles. The van der Waals surface area contributed by atoms with Crippen LogP contribution in [0.1, 0.15) is 35.5 Å². The van der Waals surface area contributed by atoms with E-state index in [9.17, 15) is 13.2 Å². The van der Waals surface area contributed by atoms with Crippen molar-refractivity contribution in [1.29, 1.82) is 0 Å². The first kappa shape index (κ1) is 15.5. The molecule has 7 heteroatoms. The van der Waals surface area contributed by atoms with Crippen LogP contribution in [-0.4, -0.2) is 21.8 Å². The summed E-state index contributed by atoms with van der Waals surface area (Å²) in [6.07, 6.45) is -1.29. The van der Waals surface area contributed by atoms with Crippen molar-refractivity contribution in [3.63, 3.8) is 0 Å². The van der Waals surface area contributed by atoms with Gasteiger partial charge in [0.05, 0.1) is 23.0 Å². The van der Waals surface area contributed by atoms with E-state index in [0.29, 0.717) is 5.69 Å². The standard InChI is InChI=1S/C14H17F3N4/c1-4-9-7-12(21(3)20-9)13(18-2)10-8-19-6-5-11(10)14(15,16)17/h5-8,13,18H,4H2,1-3H3. The topological polar surface area (TPSA) is 42.7 Å². The number of pyridine rings is 1. The second kappa shape index (κ2) is 5.85. The van der Waals surface area contributed by atoms with Crippen LogP contribution in [0.25, 0.3) is 0 Å². The van der Waals surface area contributed by atoms with Crippen molar-refractivity contribution < 1.29 is 13.2 Å². The monoisotopic (exact) mass is 298 g/mol. The normalized spacial score (nSPS) is 13.4. The Morgan fingerprint density at radius 3 is 2.62 bits per heavy atom. The Morgan fingerprint density at radius 2 is 2.10 bits per heavy atom. The molecule has 0 radical (unpaired) electrons. The van der Waals surface area contributed by atoms with E-state index in [-0.39, 0.29) is 5.56 Å². The van der Waals surface area contributed by atoms with Crippen molar-refractivity contribution in [2.24, 2.45) is 7.05 Å². The molecular weight excluding hydrogens is 281 g/mol. The van der Waals surface area contributed by atoms with E-state index in [1.807, 2.05) is 13.0 Å². The Bertz CT molecular complexity index is 619. The van der Waals surface area contributed by atoms with Crippen molar-refractivity contribution in [3.8, 4) is 0 Å². The molecule has 0 aromatic carbocycles. The van der Waals surface area contributed by atoms with E-state index in [0.717, 1.165) is 24.4 Å². The van der Waals surface area contributed by atoms with Crippen LogP contribution in [0, 0.1) is 0 Å². The summed E-state index contributed by atoms with van der Waals surface area (Å²) in [7, 11) is 3.35. The van der Waals surface area contributed by atoms with E-state index < -0.39 is 17.8 Å². The first-order chi connectivity index (χ1) is 9.88. The third kappa shape index (κ3) is 3.07. The summed E-state index contributed by atoms with van der Waals surface area (Å²) in [5, 5.41) is 7.21. The Hall–Kier alpha value is -1.89. The molecule has 0 aliphatic rings. The molecule has 2 aromatic rings. The first-order valence-electron chi connectivity index (χ1n) is 6.59. The second-order valence-corrected chi connectivity index (χ2v) is 4.72. The van der Waals surface area contributed by atoms with E-state index >= 15 is 0 Å². The summed E-state index contributed by atoms with van der Waals surface area (Å²) in [5.41, 5.74) is 0.923. The Morgan fingerprint density at radius 1 is 1.38 bits per heavy atom. The largest absolute Gasteiger partial charge is 0.416 e. The van der Waals surface area contributed by atoms with Crippen molar-refractivity contribution in [2.75, 3.05) is 7.05 Å². The molecule has 2 rings (SSSR count). The highest BCUT2D eigenvalue weighted by atomic mass is 19.4. The van der Waals surface area contributed by atoms with Crippen molar-refractivity contribution in [3.05, 3.63) is 47.0 Å². The summed E-state index contributed by atoms with van der Waals surface area (Å²) in [4.78, 5) is 3.84. The number of hydrogen-bond acceptors (Lipinski definition) is 3. The van der Waals surface area contributed by atoms with E-state index in [1.54, 1.807) is 18.8 Å². The zero-order valence-corrected chi connectivity index (χ0v) is 12.1. The predicted octanol–water partition coefficient (Wildman–Crippen LogP) is 2.71. The number of halogens is 3. The lowest BCUT2D eigenvalue weighted by Crippen LogP contribution is -2.24. The summed E-state index contributed by atoms with van der Waals surface area (Å²) >= 11 is 0. The van der Waals surface area contributed by atoms with Crippen LogP contribution in [0.4, 0.5) is 13.2 Å². The van der Waals surface area contributed by atoms with Crippen molar-refractivity contribution >= 4 is 0 Å². The molecule has 0 bridgehead atoms. The van der Waals surface area contributed by atoms with Gasteiger partial charge in [-0.05, 0) is 25.6 Å². The number of rotatable bonds is 4. The Kier molecular flexibility index (Phi) is 4.32. The summed E-state index contributed by atoms with van der Waals surface area (Å²) in [5.74, 6) is 0. The highest BCUT2D eigenvalue weighted by Gasteiger charge is 2.36. The zero-order chi connectivity index (χ0) is 15.6. The van der Waals surface area contributed by atoms with Crippen LogP contribution in [-0.2, 0) is 19.6 Å². The average molecular weight is 298 g/mol. The van der Waals surface area contributed by atoms with Gasteiger partial charge in [0.15, 0.2) is 0 Å². The molecule has 0 aliphatic heterocycles. The minimum Gasteiger partial charge on any atom is -0.308 e. The zero-order valence-electron chi connectivity index (χ0n) is 12.1. The number of alkyl halides is 3. The molecule has 1 N–H and O–H groups in total. The van der Waals surface area contributed by atoms with Gasteiger partial charge in [0.1, 0.15) is 0 Å². The molecule has 21 heavy (non-hydrogen) atoms. The quantitative estimate of drug-likeness (QED) is 0.943. The highest BCUT2D eigenvalue weighted by molar-refractivity contribution is 5.35. The fourth-order valence-electron chi connectivity index (χ4n) is 2.34. The van der Waals surface area contributed by atoms with Crippen LogP contribution in [0.5, 0.6) is 0 Å². The summed E-state index contributed by atoms with van der Waals surface area (Å²) < 4.78 is 41.1. The molecule has 0 fully saturated rings. The average Bonchev–Trinajstić information content (AvgIpc) is 2.81. The van der Waals surface area contributed by atoms with Gasteiger partial charge in [-0.25, -0.2) is 0 Å². The van der Waals surface area contributed by atoms with Crippen molar-refractivity contribution in [1.82, 2.24) is 20.1 Å². The summed E-state index contributed by atoms with van der Waals surface area (Å²) in [6, 6.07) is 2.19. The molecule has 4 nitrogen and oxygen atoms in total. The van der Waals surface area contributed by atoms with E-state index in [1.165, 1.54) is 6.20 Å². The second-order valence-electron chi connectivity index (χ2n) is 4.72. The third-order valence-electron chi connectivity index (χ3n) is 3.38. The third-order valence-corrected chi connectivity index (χ3v) is 3.38. The minimum atomic E-state index is -4.42. The van der Waals surface area contributed by atoms with Crippen LogP contribution in [0.2, 0.25) is 0 Å². The lowest BCUT2D eigenvalue weighted by atomic mass is 9.99. The van der Waals surface area contributed by atoms with Gasteiger partial charge in [-0.1, -0.05) is 6.92 Å². The highest BCUT2D eigenvalue weighted by Crippen LogP contribution is 2.35. The maximum Gasteiger partial charge on any atom is 0.416 e. The molecule has 2 aromatic heterocycles. The molecule has 0 spiro atoms. The molecule has 0 aliphatic carbocycles. The van der Waals surface area contributed by atoms with Gasteiger partial charge in [-0.3, -0.25) is 9.67 Å². The van der Waals surface area contributed by atoms with Gasteiger partial charge in [-0.2, -0.15) is 18.3 Å². The fraction of sp³-hybridized carbons (Fsp3) is 0.429. The van der Waals surface area contributed by atoms with Gasteiger partial charge in [0.25, 0.3) is 0 Å². The van der Waals surface area contributed by atoms with Crippen molar-refractivity contribution in [2.45, 2.75) is 25.6 Å². The molecular formula is C14H17F3N4. The lowest BCUT2D eigenvalue weighted by Gasteiger charge is -2.21. The molecule has 114 valence electrons. The maximum absolute atomic E-state index is 13.2. The predicted molar refractivity (Wildman–Crippen MR) is 72.7 cm³/mol. The van der Waals surface area contributed by atoms with Crippen LogP contribution in [0.15, 0.2) is 24.5 Å². The van der Waals surface area contributed by atoms with Crippen LogP contribution >= 0.6 is 0 Å². The Balaban J connectivity index is 2.54. The number of nitrogens with one attached hydrogen (secondary N) is 1. The minimum absolute atomic E-state index is 0.0955. The number of aromatic nitrogens is 3. The summed E-state index contributed by atoms with van der Waals surface area (Å²) in [6.45, 7) is 1.95. The van der Waals surface area contributed by atoms with Gasteiger partial charge < -0.3 is 5.32 Å². The van der Waals surface area contributed by atoms with Gasteiger partial charge in [0.2, 0.25) is 0 Å². The molecule has 1 atom stereocenters. The van der Waals surface area contributed by atoms with E-state index in [4.69, 9.17) is 0 Å². The first-order valence-corrected chi connectivity index (χ1v) is 6.59. The van der Waals surface area contributed by atoms with E-state index in [2.05, 4.69) is 15.4 Å². The van der Waals surface area contributed by atoms with Crippen LogP contribution in [0.3, 0.4) is 0 Å².